The Hall–Kier alpha value is 0.620. The normalized spacial score (nSPS) is 26.4. The molecular formula is C6H15NOS2. The average molecular weight is 181 g/mol. The Labute approximate surface area is 70.2 Å². The zero-order valence-electron chi connectivity index (χ0n) is 6.29. The summed E-state index contributed by atoms with van der Waals surface area (Å²) in [6, 6.07) is 0. The van der Waals surface area contributed by atoms with E-state index in [9.17, 15) is 0 Å². The predicted octanol–water partition coefficient (Wildman–Crippen LogP) is 1.10. The van der Waals surface area contributed by atoms with Crippen LogP contribution in [0.1, 0.15) is 6.92 Å². The zero-order chi connectivity index (χ0) is 7.40. The van der Waals surface area contributed by atoms with Crippen LogP contribution in [0.4, 0.5) is 0 Å². The van der Waals surface area contributed by atoms with Crippen molar-refractivity contribution in [2.45, 2.75) is 6.92 Å². The highest BCUT2D eigenvalue weighted by Crippen LogP contribution is 2.34. The van der Waals surface area contributed by atoms with E-state index in [-0.39, 0.29) is 10.1 Å². The van der Waals surface area contributed by atoms with E-state index in [1.807, 2.05) is 0 Å². The fourth-order valence-electron chi connectivity index (χ4n) is 0.985. The third-order valence-electron chi connectivity index (χ3n) is 1.60. The monoisotopic (exact) mass is 181 g/mol. The van der Waals surface area contributed by atoms with Crippen molar-refractivity contribution >= 4 is 21.8 Å². The molecule has 2 nitrogen and oxygen atoms in total. The Morgan fingerprint density at radius 2 is 2.10 bits per heavy atom. The van der Waals surface area contributed by atoms with Crippen LogP contribution >= 0.6 is 21.8 Å². The summed E-state index contributed by atoms with van der Waals surface area (Å²) in [7, 11) is -0.149. The van der Waals surface area contributed by atoms with E-state index in [0.29, 0.717) is 0 Å². The third-order valence-corrected chi connectivity index (χ3v) is 4.82. The van der Waals surface area contributed by atoms with Crippen molar-refractivity contribution < 1.29 is 4.74 Å². The van der Waals surface area contributed by atoms with Gasteiger partial charge in [0.2, 0.25) is 0 Å². The average Bonchev–Trinajstić information content (AvgIpc) is 2.05. The molecule has 1 atom stereocenters. The summed E-state index contributed by atoms with van der Waals surface area (Å²) in [5.41, 5.74) is 0. The molecule has 0 aromatic carbocycles. The van der Waals surface area contributed by atoms with Crippen LogP contribution in [0.15, 0.2) is 0 Å². The van der Waals surface area contributed by atoms with Crippen LogP contribution in [-0.4, -0.2) is 36.4 Å². The van der Waals surface area contributed by atoms with Crippen LogP contribution in [0.2, 0.25) is 0 Å². The van der Waals surface area contributed by atoms with Gasteiger partial charge in [-0.15, -0.1) is 11.7 Å². The Kier molecular flexibility index (Phi) is 3.91. The molecule has 0 aromatic rings. The highest BCUT2D eigenvalue weighted by Gasteiger charge is 2.12. The minimum Gasteiger partial charge on any atom is -0.379 e. The van der Waals surface area contributed by atoms with E-state index < -0.39 is 0 Å². The number of morpholine rings is 1. The molecule has 1 aliphatic rings. The molecule has 4 heteroatoms. The van der Waals surface area contributed by atoms with Gasteiger partial charge in [-0.2, -0.15) is 10.1 Å². The number of thiol groups is 2. The van der Waals surface area contributed by atoms with Gasteiger partial charge in [-0.1, -0.05) is 6.92 Å². The third kappa shape index (κ3) is 2.34. The van der Waals surface area contributed by atoms with E-state index in [1.165, 1.54) is 5.75 Å². The lowest BCUT2D eigenvalue weighted by atomic mass is 10.5. The van der Waals surface area contributed by atoms with Crippen LogP contribution in [-0.2, 0) is 4.74 Å². The molecule has 10 heavy (non-hydrogen) atoms. The van der Waals surface area contributed by atoms with E-state index in [4.69, 9.17) is 4.74 Å². The number of ether oxygens (including phenoxy) is 1. The highest BCUT2D eigenvalue weighted by atomic mass is 33.1. The Bertz CT molecular complexity index is 95.7. The molecule has 0 aliphatic carbocycles. The van der Waals surface area contributed by atoms with Crippen molar-refractivity contribution in [2.24, 2.45) is 0 Å². The predicted molar refractivity (Wildman–Crippen MR) is 50.9 cm³/mol. The summed E-state index contributed by atoms with van der Waals surface area (Å²) in [6.07, 6.45) is 0. The molecule has 1 fully saturated rings. The number of nitrogens with zero attached hydrogens (tertiary/aromatic N) is 1. The number of hydrogen-bond donors (Lipinski definition) is 2. The molecule has 1 aliphatic heterocycles. The molecule has 0 aromatic heterocycles. The molecule has 0 amide bonds. The minimum atomic E-state index is -0.149. The van der Waals surface area contributed by atoms with E-state index >= 15 is 0 Å². The van der Waals surface area contributed by atoms with Crippen molar-refractivity contribution in [3.05, 3.63) is 0 Å². The first-order chi connectivity index (χ1) is 4.84. The van der Waals surface area contributed by atoms with Crippen molar-refractivity contribution in [3.8, 4) is 0 Å². The van der Waals surface area contributed by atoms with Gasteiger partial charge in [-0.25, -0.2) is 0 Å². The summed E-state index contributed by atoms with van der Waals surface area (Å²) >= 11 is 4.51. The van der Waals surface area contributed by atoms with Gasteiger partial charge in [-0.3, -0.25) is 4.31 Å². The van der Waals surface area contributed by atoms with E-state index in [0.717, 1.165) is 26.3 Å². The maximum absolute atomic E-state index is 5.23. The molecule has 1 heterocycles. The molecule has 0 spiro atoms. The Morgan fingerprint density at radius 3 is 2.60 bits per heavy atom. The lowest BCUT2D eigenvalue weighted by Crippen LogP contribution is -2.33. The molecule has 1 unspecified atom stereocenters. The van der Waals surface area contributed by atoms with Gasteiger partial charge in [0.15, 0.2) is 0 Å². The summed E-state index contributed by atoms with van der Waals surface area (Å²) in [5.74, 6) is 1.18. The molecule has 0 radical (unpaired) electrons. The standard InChI is InChI=1S/C6H15NOS2/c1-2-10(9)7-3-5-8-6-4-7/h9-10H,2-6H2,1H3. The first-order valence-electron chi connectivity index (χ1n) is 3.63. The maximum atomic E-state index is 5.23. The molecule has 1 saturated heterocycles. The lowest BCUT2D eigenvalue weighted by molar-refractivity contribution is 0.0771. The quantitative estimate of drug-likeness (QED) is 0.489. The summed E-state index contributed by atoms with van der Waals surface area (Å²) in [6.45, 7) is 6.11. The van der Waals surface area contributed by atoms with Gasteiger partial charge in [0, 0.05) is 13.1 Å². The number of rotatable bonds is 2. The van der Waals surface area contributed by atoms with Crippen molar-refractivity contribution in [1.82, 2.24) is 4.31 Å². The van der Waals surface area contributed by atoms with Gasteiger partial charge in [0.05, 0.1) is 13.2 Å². The highest BCUT2D eigenvalue weighted by molar-refractivity contribution is 8.77. The second-order valence-electron chi connectivity index (χ2n) is 2.25. The molecule has 0 bridgehead atoms. The Balaban J connectivity index is 2.24. The fraction of sp³-hybridized carbons (Fsp3) is 1.00. The van der Waals surface area contributed by atoms with E-state index in [1.54, 1.807) is 0 Å². The van der Waals surface area contributed by atoms with Crippen molar-refractivity contribution in [1.29, 1.82) is 0 Å². The zero-order valence-corrected chi connectivity index (χ0v) is 8.07. The van der Waals surface area contributed by atoms with Crippen LogP contribution in [0.25, 0.3) is 0 Å². The van der Waals surface area contributed by atoms with Crippen LogP contribution in [0.3, 0.4) is 0 Å². The minimum absolute atomic E-state index is 0.149. The second-order valence-corrected chi connectivity index (χ2v) is 5.58. The largest absolute Gasteiger partial charge is 0.379 e. The molecule has 0 saturated carbocycles. The summed E-state index contributed by atoms with van der Waals surface area (Å²) < 4.78 is 7.65. The Morgan fingerprint density at radius 1 is 1.50 bits per heavy atom. The van der Waals surface area contributed by atoms with Gasteiger partial charge in [-0.05, 0) is 5.75 Å². The lowest BCUT2D eigenvalue weighted by Gasteiger charge is -2.33. The maximum Gasteiger partial charge on any atom is 0.0603 e. The molecule has 0 N–H and O–H groups in total. The first-order valence-corrected chi connectivity index (χ1v) is 6.27. The number of hydrogen-bond acceptors (Lipinski definition) is 3. The van der Waals surface area contributed by atoms with Crippen LogP contribution in [0.5, 0.6) is 0 Å². The van der Waals surface area contributed by atoms with Gasteiger partial charge in [0.25, 0.3) is 0 Å². The fourth-order valence-corrected chi connectivity index (χ4v) is 2.55. The van der Waals surface area contributed by atoms with Gasteiger partial charge < -0.3 is 4.74 Å². The SMILES string of the molecule is CC[SH](S)N1CCOCC1. The van der Waals surface area contributed by atoms with Crippen molar-refractivity contribution in [2.75, 3.05) is 32.1 Å². The summed E-state index contributed by atoms with van der Waals surface area (Å²) in [4.78, 5) is 0. The second kappa shape index (κ2) is 4.49. The van der Waals surface area contributed by atoms with Crippen LogP contribution in [0, 0.1) is 0 Å². The molecular weight excluding hydrogens is 166 g/mol. The topological polar surface area (TPSA) is 12.5 Å². The molecule has 62 valence electrons. The smallest absolute Gasteiger partial charge is 0.0603 e. The van der Waals surface area contributed by atoms with Crippen LogP contribution < -0.4 is 0 Å². The molecule has 1 rings (SSSR count). The van der Waals surface area contributed by atoms with Crippen molar-refractivity contribution in [3.63, 3.8) is 0 Å². The van der Waals surface area contributed by atoms with Gasteiger partial charge in [0.1, 0.15) is 0 Å². The van der Waals surface area contributed by atoms with Gasteiger partial charge >= 0.3 is 0 Å². The first kappa shape index (κ1) is 8.71. The summed E-state index contributed by atoms with van der Waals surface area (Å²) in [5, 5.41) is 0. The van der Waals surface area contributed by atoms with E-state index in [2.05, 4.69) is 22.9 Å².